The van der Waals surface area contributed by atoms with E-state index in [4.69, 9.17) is 0 Å². The van der Waals surface area contributed by atoms with Crippen LogP contribution in [0.1, 0.15) is 44.5 Å². The van der Waals surface area contributed by atoms with Gasteiger partial charge in [0, 0.05) is 36.4 Å². The molecule has 276 valence electrons. The lowest BCUT2D eigenvalue weighted by Crippen LogP contribution is -2.32. The summed E-state index contributed by atoms with van der Waals surface area (Å²) in [5.74, 6) is 0. The average Bonchev–Trinajstić information content (AvgIpc) is 3.76. The monoisotopic (exact) mass is 785 g/mol. The molecule has 0 radical (unpaired) electrons. The van der Waals surface area contributed by atoms with Crippen LogP contribution in [0.15, 0.2) is 232 Å². The average molecular weight is 786 g/mol. The van der Waals surface area contributed by atoms with Crippen LogP contribution in [0.2, 0.25) is 0 Å². The molecular weight excluding hydrogens is 751 g/mol. The van der Waals surface area contributed by atoms with Crippen molar-refractivity contribution in [2.45, 2.75) is 30.4 Å². The van der Waals surface area contributed by atoms with Crippen molar-refractivity contribution in [2.75, 3.05) is 4.90 Å². The fourth-order valence-electron chi connectivity index (χ4n) is 11.1. The summed E-state index contributed by atoms with van der Waals surface area (Å²) in [5.41, 5.74) is 18.4. The van der Waals surface area contributed by atoms with Crippen molar-refractivity contribution in [3.63, 3.8) is 0 Å². The van der Waals surface area contributed by atoms with E-state index in [0.29, 0.717) is 0 Å². The minimum atomic E-state index is -0.467. The number of nitrogens with zero attached hydrogens (tertiary/aromatic N) is 1. The number of anilines is 3. The van der Waals surface area contributed by atoms with Gasteiger partial charge in [0.1, 0.15) is 0 Å². The van der Waals surface area contributed by atoms with Gasteiger partial charge in [-0.2, -0.15) is 0 Å². The predicted octanol–water partition coefficient (Wildman–Crippen LogP) is 14.8. The molecule has 0 amide bonds. The maximum Gasteiger partial charge on any atom is 0.0736 e. The Balaban J connectivity index is 1.14. The van der Waals surface area contributed by atoms with E-state index >= 15 is 0 Å². The molecule has 2 heterocycles. The largest absolute Gasteiger partial charge is 0.309 e. The van der Waals surface area contributed by atoms with Crippen LogP contribution in [0, 0.1) is 0 Å². The van der Waals surface area contributed by atoms with Crippen LogP contribution in [0.4, 0.5) is 17.1 Å². The molecule has 0 N–H and O–H groups in total. The second kappa shape index (κ2) is 12.5. The predicted molar refractivity (Wildman–Crippen MR) is 244 cm³/mol. The molecule has 0 saturated carbocycles. The number of hydrogen-bond donors (Lipinski definition) is 0. The van der Waals surface area contributed by atoms with Gasteiger partial charge in [-0.15, -0.1) is 0 Å². The van der Waals surface area contributed by atoms with Crippen LogP contribution in [0.25, 0.3) is 22.3 Å². The summed E-state index contributed by atoms with van der Waals surface area (Å²) in [6, 6.07) is 79.8. The summed E-state index contributed by atoms with van der Waals surface area (Å²) in [4.78, 5) is 7.82. The maximum absolute atomic E-state index is 2.56. The van der Waals surface area contributed by atoms with Crippen molar-refractivity contribution in [1.29, 1.82) is 0 Å². The van der Waals surface area contributed by atoms with Crippen LogP contribution in [0.3, 0.4) is 0 Å². The fourth-order valence-corrected chi connectivity index (χ4v) is 13.5. The highest BCUT2D eigenvalue weighted by Crippen LogP contribution is 2.67. The number of hydrogen-bond acceptors (Lipinski definition) is 3. The molecule has 2 aliphatic carbocycles. The van der Waals surface area contributed by atoms with Crippen LogP contribution in [-0.2, 0) is 10.8 Å². The Kier molecular flexibility index (Phi) is 7.08. The highest BCUT2D eigenvalue weighted by Gasteiger charge is 2.53. The van der Waals surface area contributed by atoms with E-state index in [2.05, 4.69) is 217 Å². The zero-order valence-corrected chi connectivity index (χ0v) is 33.6. The molecule has 13 rings (SSSR count). The topological polar surface area (TPSA) is 3.24 Å². The highest BCUT2D eigenvalue weighted by molar-refractivity contribution is 7.99. The molecule has 0 aromatic heterocycles. The number of fused-ring (bicyclic) bond motifs is 18. The molecular formula is C56H35NS2. The summed E-state index contributed by atoms with van der Waals surface area (Å²) >= 11 is 3.79. The summed E-state index contributed by atoms with van der Waals surface area (Å²) in [7, 11) is 0. The van der Waals surface area contributed by atoms with E-state index in [1.54, 1.807) is 0 Å². The molecule has 0 unspecified atom stereocenters. The fraction of sp³-hybridized carbons (Fsp3) is 0.0357. The Morgan fingerprint density at radius 2 is 0.593 bits per heavy atom. The lowest BCUT2D eigenvalue weighted by atomic mass is 9.67. The molecule has 9 aromatic rings. The van der Waals surface area contributed by atoms with Gasteiger partial charge in [0.15, 0.2) is 0 Å². The second-order valence-electron chi connectivity index (χ2n) is 15.9. The lowest BCUT2D eigenvalue weighted by Gasteiger charge is -2.40. The van der Waals surface area contributed by atoms with Crippen molar-refractivity contribution in [3.8, 4) is 22.3 Å². The van der Waals surface area contributed by atoms with Crippen molar-refractivity contribution >= 4 is 40.6 Å². The first-order valence-corrected chi connectivity index (χ1v) is 22.0. The van der Waals surface area contributed by atoms with E-state index in [1.165, 1.54) is 97.7 Å². The maximum atomic E-state index is 2.56. The molecule has 4 aliphatic rings. The summed E-state index contributed by atoms with van der Waals surface area (Å²) in [5, 5.41) is 0. The first-order chi connectivity index (χ1) is 29.3. The molecule has 59 heavy (non-hydrogen) atoms. The smallest absolute Gasteiger partial charge is 0.0736 e. The van der Waals surface area contributed by atoms with E-state index in [0.717, 1.165) is 5.69 Å². The van der Waals surface area contributed by atoms with Gasteiger partial charge < -0.3 is 4.90 Å². The van der Waals surface area contributed by atoms with Gasteiger partial charge in [0.2, 0.25) is 0 Å². The zero-order chi connectivity index (χ0) is 38.7. The van der Waals surface area contributed by atoms with E-state index in [9.17, 15) is 0 Å². The summed E-state index contributed by atoms with van der Waals surface area (Å²) < 4.78 is 0. The molecule has 9 aromatic carbocycles. The molecule has 0 bridgehead atoms. The molecule has 2 spiro atoms. The molecule has 0 saturated heterocycles. The van der Waals surface area contributed by atoms with Gasteiger partial charge in [-0.25, -0.2) is 0 Å². The van der Waals surface area contributed by atoms with Gasteiger partial charge in [-0.1, -0.05) is 187 Å². The first kappa shape index (κ1) is 33.5. The van der Waals surface area contributed by atoms with Gasteiger partial charge in [0.05, 0.1) is 22.2 Å². The molecule has 1 nitrogen and oxygen atoms in total. The number of rotatable bonds is 3. The minimum absolute atomic E-state index is 0.467. The van der Waals surface area contributed by atoms with Crippen molar-refractivity contribution < 1.29 is 0 Å². The molecule has 3 heteroatoms. The summed E-state index contributed by atoms with van der Waals surface area (Å²) in [6.45, 7) is 0. The van der Waals surface area contributed by atoms with Crippen molar-refractivity contribution in [1.82, 2.24) is 0 Å². The van der Waals surface area contributed by atoms with E-state index < -0.39 is 10.8 Å². The van der Waals surface area contributed by atoms with Crippen molar-refractivity contribution in [3.05, 3.63) is 257 Å². The van der Waals surface area contributed by atoms with Gasteiger partial charge in [-0.05, 0) is 104 Å². The SMILES string of the molecule is c1ccc(N(c2cccc3c2-c2ccccc2C32c3ccccc3Sc3ccccc32)c2cccc3c2-c2ccccc2C32c3ccccc3Sc3ccccc32)cc1. The Bertz CT molecular complexity index is 2910. The number of benzene rings is 9. The Morgan fingerprint density at radius 1 is 0.271 bits per heavy atom. The van der Waals surface area contributed by atoms with E-state index in [-0.39, 0.29) is 0 Å². The molecule has 0 atom stereocenters. The second-order valence-corrected chi connectivity index (χ2v) is 18.0. The first-order valence-electron chi connectivity index (χ1n) is 20.4. The third kappa shape index (κ3) is 4.29. The Morgan fingerprint density at radius 3 is 1.00 bits per heavy atom. The third-order valence-electron chi connectivity index (χ3n) is 13.2. The normalized spacial score (nSPS) is 14.9. The third-order valence-corrected chi connectivity index (χ3v) is 15.5. The standard InChI is InChI=1S/C56H35NS2/c1-2-18-36(19-3-1)57(47-30-16-28-45-53(47)37-20-4-6-22-39(37)55(45)41-24-8-12-32-49(41)58-50-33-13-9-25-42(50)55)48-31-17-29-46-54(48)38-21-5-7-23-40(38)56(46)43-26-10-14-34-51(43)59-52-35-15-11-27-44(52)56/h1-35H. The van der Waals surface area contributed by atoms with Crippen molar-refractivity contribution in [2.24, 2.45) is 0 Å². The van der Waals surface area contributed by atoms with Gasteiger partial charge in [-0.3, -0.25) is 0 Å². The van der Waals surface area contributed by atoms with Gasteiger partial charge >= 0.3 is 0 Å². The molecule has 2 aliphatic heterocycles. The lowest BCUT2D eigenvalue weighted by molar-refractivity contribution is 0.722. The van der Waals surface area contributed by atoms with Crippen LogP contribution >= 0.6 is 23.5 Å². The number of para-hydroxylation sites is 1. The quantitative estimate of drug-likeness (QED) is 0.176. The molecule has 0 fully saturated rings. The summed E-state index contributed by atoms with van der Waals surface area (Å²) in [6.07, 6.45) is 0. The van der Waals surface area contributed by atoms with Crippen LogP contribution in [0.5, 0.6) is 0 Å². The highest BCUT2D eigenvalue weighted by atomic mass is 32.2. The van der Waals surface area contributed by atoms with E-state index in [1.807, 2.05) is 23.5 Å². The Labute approximate surface area is 353 Å². The minimum Gasteiger partial charge on any atom is -0.309 e. The Hall–Kier alpha value is -6.52. The van der Waals surface area contributed by atoms with Gasteiger partial charge in [0.25, 0.3) is 0 Å². The zero-order valence-electron chi connectivity index (χ0n) is 32.0. The van der Waals surface area contributed by atoms with Crippen LogP contribution in [-0.4, -0.2) is 0 Å². The van der Waals surface area contributed by atoms with Crippen LogP contribution < -0.4 is 4.90 Å².